The van der Waals surface area contributed by atoms with Crippen LogP contribution in [0.3, 0.4) is 0 Å². The third-order valence-corrected chi connectivity index (χ3v) is 4.02. The molecular formula is C19H30FNO3. The Balaban J connectivity index is 1.95. The summed E-state index contributed by atoms with van der Waals surface area (Å²) in [6.45, 7) is 8.52. The van der Waals surface area contributed by atoms with E-state index < -0.39 is 6.10 Å². The number of aliphatic hydroxyl groups is 1. The van der Waals surface area contributed by atoms with Gasteiger partial charge in [-0.15, -0.1) is 0 Å². The first-order valence-electron chi connectivity index (χ1n) is 8.73. The standard InChI is InChI=1S/C19H30FNO3/c1-19(2,3)24-14-16(22)12-21(13-17-8-6-10-23-17)11-15-7-4-5-9-18(15)20/h4-5,7,9,16-17,22H,6,8,10-14H2,1-3H3/t16-,17+/m1/s1. The number of nitrogens with zero attached hydrogens (tertiary/aromatic N) is 1. The van der Waals surface area contributed by atoms with Crippen LogP contribution in [-0.2, 0) is 16.0 Å². The van der Waals surface area contributed by atoms with Crippen molar-refractivity contribution in [2.75, 3.05) is 26.3 Å². The van der Waals surface area contributed by atoms with Crippen LogP contribution in [0.4, 0.5) is 4.39 Å². The molecule has 1 fully saturated rings. The average molecular weight is 339 g/mol. The summed E-state index contributed by atoms with van der Waals surface area (Å²) in [5, 5.41) is 10.3. The Bertz CT molecular complexity index is 498. The fourth-order valence-corrected chi connectivity index (χ4v) is 2.84. The molecule has 2 rings (SSSR count). The maximum atomic E-state index is 14.0. The highest BCUT2D eigenvalue weighted by Crippen LogP contribution is 2.17. The van der Waals surface area contributed by atoms with Gasteiger partial charge >= 0.3 is 0 Å². The molecule has 1 aromatic carbocycles. The average Bonchev–Trinajstić information content (AvgIpc) is 3.00. The molecule has 24 heavy (non-hydrogen) atoms. The van der Waals surface area contributed by atoms with Gasteiger partial charge < -0.3 is 14.6 Å². The van der Waals surface area contributed by atoms with Gasteiger partial charge in [0.25, 0.3) is 0 Å². The molecule has 0 aliphatic carbocycles. The Hall–Kier alpha value is -1.01. The molecule has 0 bridgehead atoms. The number of benzene rings is 1. The monoisotopic (exact) mass is 339 g/mol. The molecule has 1 aliphatic heterocycles. The highest BCUT2D eigenvalue weighted by atomic mass is 19.1. The van der Waals surface area contributed by atoms with Crippen LogP contribution in [0, 0.1) is 5.82 Å². The van der Waals surface area contributed by atoms with Crippen molar-refractivity contribution in [3.63, 3.8) is 0 Å². The Labute approximate surface area is 144 Å². The van der Waals surface area contributed by atoms with Crippen LogP contribution >= 0.6 is 0 Å². The summed E-state index contributed by atoms with van der Waals surface area (Å²) < 4.78 is 25.3. The molecule has 1 heterocycles. The largest absolute Gasteiger partial charge is 0.389 e. The maximum Gasteiger partial charge on any atom is 0.127 e. The zero-order valence-electron chi connectivity index (χ0n) is 15.0. The first-order chi connectivity index (χ1) is 11.3. The molecule has 1 aromatic rings. The van der Waals surface area contributed by atoms with E-state index in [1.807, 2.05) is 26.8 Å². The normalized spacial score (nSPS) is 19.8. The number of ether oxygens (including phenoxy) is 2. The predicted molar refractivity (Wildman–Crippen MR) is 92.4 cm³/mol. The number of hydrogen-bond acceptors (Lipinski definition) is 4. The van der Waals surface area contributed by atoms with Crippen molar-refractivity contribution in [3.05, 3.63) is 35.6 Å². The van der Waals surface area contributed by atoms with Crippen molar-refractivity contribution in [2.45, 2.75) is 58.0 Å². The fourth-order valence-electron chi connectivity index (χ4n) is 2.84. The lowest BCUT2D eigenvalue weighted by molar-refractivity contribution is -0.0595. The molecule has 1 aliphatic rings. The minimum atomic E-state index is -0.614. The van der Waals surface area contributed by atoms with Crippen LogP contribution in [0.5, 0.6) is 0 Å². The van der Waals surface area contributed by atoms with E-state index in [-0.39, 0.29) is 24.1 Å². The molecule has 1 saturated heterocycles. The van der Waals surface area contributed by atoms with Crippen molar-refractivity contribution in [2.24, 2.45) is 0 Å². The van der Waals surface area contributed by atoms with Crippen molar-refractivity contribution >= 4 is 0 Å². The molecule has 0 saturated carbocycles. The van der Waals surface area contributed by atoms with E-state index in [4.69, 9.17) is 9.47 Å². The molecule has 5 heteroatoms. The van der Waals surface area contributed by atoms with Crippen LogP contribution < -0.4 is 0 Å². The van der Waals surface area contributed by atoms with Crippen LogP contribution in [0.15, 0.2) is 24.3 Å². The lowest BCUT2D eigenvalue weighted by atomic mass is 10.1. The van der Waals surface area contributed by atoms with Crippen molar-refractivity contribution in [3.8, 4) is 0 Å². The zero-order chi connectivity index (χ0) is 17.6. The predicted octanol–water partition coefficient (Wildman–Crippen LogP) is 2.98. The number of halogens is 1. The second kappa shape index (κ2) is 8.90. The molecule has 0 aromatic heterocycles. The quantitative estimate of drug-likeness (QED) is 0.791. The first kappa shape index (κ1) is 19.3. The lowest BCUT2D eigenvalue weighted by Crippen LogP contribution is -2.40. The van der Waals surface area contributed by atoms with E-state index in [1.165, 1.54) is 6.07 Å². The van der Waals surface area contributed by atoms with Gasteiger partial charge in [-0.3, -0.25) is 4.90 Å². The summed E-state index contributed by atoms with van der Waals surface area (Å²) in [4.78, 5) is 2.06. The van der Waals surface area contributed by atoms with E-state index in [0.29, 0.717) is 25.2 Å². The maximum absolute atomic E-state index is 14.0. The summed E-state index contributed by atoms with van der Waals surface area (Å²) >= 11 is 0. The molecule has 0 spiro atoms. The van der Waals surface area contributed by atoms with E-state index in [2.05, 4.69) is 4.90 Å². The Morgan fingerprint density at radius 1 is 1.38 bits per heavy atom. The molecule has 0 radical (unpaired) electrons. The smallest absolute Gasteiger partial charge is 0.127 e. The summed E-state index contributed by atoms with van der Waals surface area (Å²) in [5.41, 5.74) is 0.353. The first-order valence-corrected chi connectivity index (χ1v) is 8.73. The summed E-state index contributed by atoms with van der Waals surface area (Å²) in [6, 6.07) is 6.78. The van der Waals surface area contributed by atoms with Gasteiger partial charge in [0.15, 0.2) is 0 Å². The Morgan fingerprint density at radius 3 is 2.75 bits per heavy atom. The van der Waals surface area contributed by atoms with Gasteiger partial charge in [-0.05, 0) is 39.7 Å². The summed E-state index contributed by atoms with van der Waals surface area (Å²) in [5.74, 6) is -0.213. The topological polar surface area (TPSA) is 41.9 Å². The summed E-state index contributed by atoms with van der Waals surface area (Å²) in [7, 11) is 0. The molecule has 0 unspecified atom stereocenters. The van der Waals surface area contributed by atoms with Crippen molar-refractivity contribution in [1.29, 1.82) is 0 Å². The van der Waals surface area contributed by atoms with Crippen LogP contribution in [0.25, 0.3) is 0 Å². The van der Waals surface area contributed by atoms with E-state index >= 15 is 0 Å². The fraction of sp³-hybridized carbons (Fsp3) is 0.684. The lowest BCUT2D eigenvalue weighted by Gasteiger charge is -2.29. The van der Waals surface area contributed by atoms with Gasteiger partial charge in [0, 0.05) is 31.8 Å². The molecular weight excluding hydrogens is 309 g/mol. The molecule has 136 valence electrons. The minimum Gasteiger partial charge on any atom is -0.389 e. The molecule has 0 amide bonds. The van der Waals surface area contributed by atoms with Crippen LogP contribution in [0.1, 0.15) is 39.2 Å². The molecule has 1 N–H and O–H groups in total. The number of hydrogen-bond donors (Lipinski definition) is 1. The van der Waals surface area contributed by atoms with Gasteiger partial charge in [-0.25, -0.2) is 4.39 Å². The van der Waals surface area contributed by atoms with Crippen molar-refractivity contribution in [1.82, 2.24) is 4.90 Å². The Morgan fingerprint density at radius 2 is 2.12 bits per heavy atom. The van der Waals surface area contributed by atoms with Crippen molar-refractivity contribution < 1.29 is 19.0 Å². The highest BCUT2D eigenvalue weighted by Gasteiger charge is 2.23. The van der Waals surface area contributed by atoms with Gasteiger partial charge in [-0.2, -0.15) is 0 Å². The summed E-state index contributed by atoms with van der Waals surface area (Å²) in [6.07, 6.45) is 1.63. The van der Waals surface area contributed by atoms with Crippen LogP contribution in [-0.4, -0.2) is 54.1 Å². The molecule has 4 nitrogen and oxygen atoms in total. The van der Waals surface area contributed by atoms with Gasteiger partial charge in [-0.1, -0.05) is 18.2 Å². The Kier molecular flexibility index (Phi) is 7.16. The van der Waals surface area contributed by atoms with E-state index in [9.17, 15) is 9.50 Å². The highest BCUT2D eigenvalue weighted by molar-refractivity contribution is 5.17. The third kappa shape index (κ3) is 6.85. The third-order valence-electron chi connectivity index (χ3n) is 4.02. The van der Waals surface area contributed by atoms with Crippen LogP contribution in [0.2, 0.25) is 0 Å². The van der Waals surface area contributed by atoms with E-state index in [0.717, 1.165) is 19.4 Å². The van der Waals surface area contributed by atoms with Gasteiger partial charge in [0.05, 0.1) is 24.4 Å². The molecule has 2 atom stereocenters. The number of aliphatic hydroxyl groups excluding tert-OH is 1. The second-order valence-electron chi connectivity index (χ2n) is 7.50. The second-order valence-corrected chi connectivity index (χ2v) is 7.50. The minimum absolute atomic E-state index is 0.160. The number of rotatable bonds is 8. The van der Waals surface area contributed by atoms with Gasteiger partial charge in [0.2, 0.25) is 0 Å². The zero-order valence-corrected chi connectivity index (χ0v) is 15.0. The SMILES string of the molecule is CC(C)(C)OC[C@H](O)CN(Cc1ccccc1F)C[C@@H]1CCCO1. The van der Waals surface area contributed by atoms with E-state index in [1.54, 1.807) is 12.1 Å². The van der Waals surface area contributed by atoms with Gasteiger partial charge in [0.1, 0.15) is 5.82 Å².